The van der Waals surface area contributed by atoms with Gasteiger partial charge in [0.15, 0.2) is 0 Å². The largest absolute Gasteiger partial charge is 0.493 e. The van der Waals surface area contributed by atoms with Crippen LogP contribution in [0.5, 0.6) is 5.75 Å². The predicted octanol–water partition coefficient (Wildman–Crippen LogP) is 6.12. The molecule has 0 bridgehead atoms. The third-order valence-corrected chi connectivity index (χ3v) is 5.62. The van der Waals surface area contributed by atoms with Crippen LogP contribution in [0.2, 0.25) is 0 Å². The van der Waals surface area contributed by atoms with E-state index < -0.39 is 19.8 Å². The molecule has 0 saturated heterocycles. The summed E-state index contributed by atoms with van der Waals surface area (Å²) in [6.45, 7) is 13.9. The maximum Gasteiger partial charge on any atom is 0.222 e. The van der Waals surface area contributed by atoms with E-state index in [2.05, 4.69) is 46.8 Å². The Kier molecular flexibility index (Phi) is 6.51. The molecule has 0 aromatic heterocycles. The summed E-state index contributed by atoms with van der Waals surface area (Å²) < 4.78 is 16.7. The van der Waals surface area contributed by atoms with Gasteiger partial charge in [-0.3, -0.25) is 3.07 Å². The Bertz CT molecular complexity index is 464. The van der Waals surface area contributed by atoms with Gasteiger partial charge in [-0.1, -0.05) is 40.7 Å². The van der Waals surface area contributed by atoms with E-state index >= 15 is 0 Å². The van der Waals surface area contributed by atoms with Crippen molar-refractivity contribution in [2.75, 3.05) is 6.61 Å². The average Bonchev–Trinajstić information content (AvgIpc) is 2.28. The number of hydrogen-bond donors (Lipinski definition) is 0. The highest BCUT2D eigenvalue weighted by Gasteiger charge is 2.28. The zero-order chi connectivity index (χ0) is 15.4. The van der Waals surface area contributed by atoms with Crippen LogP contribution in [0.3, 0.4) is 0 Å². The maximum absolute atomic E-state index is 11.1. The predicted molar refractivity (Wildman–Crippen MR) is 95.3 cm³/mol. The van der Waals surface area contributed by atoms with Gasteiger partial charge in [-0.25, -0.2) is 0 Å². The van der Waals surface area contributed by atoms with E-state index in [1.807, 2.05) is 13.0 Å². The second-order valence-corrected chi connectivity index (χ2v) is 9.98. The van der Waals surface area contributed by atoms with Gasteiger partial charge in [-0.05, 0) is 50.8 Å². The molecular weight excluding hydrogens is 383 g/mol. The first kappa shape index (κ1) is 18.0. The summed E-state index contributed by atoms with van der Waals surface area (Å²) in [5.74, 6) is 0.850. The quantitative estimate of drug-likeness (QED) is 0.531. The molecule has 20 heavy (non-hydrogen) atoms. The molecule has 0 unspecified atom stereocenters. The lowest BCUT2D eigenvalue weighted by molar-refractivity contribution is 0.283. The number of rotatable bonds is 6. The maximum atomic E-state index is 11.1. The van der Waals surface area contributed by atoms with Gasteiger partial charge in [0, 0.05) is 0 Å². The number of hydrogen-bond acceptors (Lipinski definition) is 3. The Morgan fingerprint density at radius 2 is 1.85 bits per heavy atom. The molecule has 0 atom stereocenters. The van der Waals surface area contributed by atoms with E-state index in [9.17, 15) is 3.07 Å². The van der Waals surface area contributed by atoms with E-state index in [1.165, 1.54) is 14.5 Å². The number of halogens is 1. The van der Waals surface area contributed by atoms with Crippen molar-refractivity contribution in [1.29, 1.82) is 0 Å². The third kappa shape index (κ3) is 5.35. The minimum Gasteiger partial charge on any atom is -0.493 e. The van der Waals surface area contributed by atoms with Crippen molar-refractivity contribution in [3.8, 4) is 5.75 Å². The molecule has 1 rings (SSSR count). The van der Waals surface area contributed by atoms with E-state index in [0.717, 1.165) is 17.1 Å². The zero-order valence-corrected chi connectivity index (χ0v) is 16.2. The normalized spacial score (nSPS) is 12.5. The van der Waals surface area contributed by atoms with Crippen LogP contribution in [0.4, 0.5) is 0 Å². The summed E-state index contributed by atoms with van der Waals surface area (Å²) in [6, 6.07) is 6.31. The molecule has 0 spiro atoms. The molecule has 0 amide bonds. The molecule has 1 aromatic rings. The summed E-state index contributed by atoms with van der Waals surface area (Å²) in [6.07, 6.45) is 1.10. The molecule has 1 aromatic carbocycles. The SMILES string of the molecule is CCOc1ccc(C(C)(C)CC(C)(C)C)cc1SI=O. The van der Waals surface area contributed by atoms with E-state index in [4.69, 9.17) is 4.74 Å². The zero-order valence-electron chi connectivity index (χ0n) is 13.2. The van der Waals surface area contributed by atoms with Crippen LogP contribution < -0.4 is 4.74 Å². The van der Waals surface area contributed by atoms with Gasteiger partial charge in [-0.15, -0.1) is 0 Å². The Morgan fingerprint density at radius 3 is 2.35 bits per heavy atom. The van der Waals surface area contributed by atoms with Crippen LogP contribution in [0.1, 0.15) is 53.5 Å². The van der Waals surface area contributed by atoms with Gasteiger partial charge in [0.25, 0.3) is 0 Å². The minimum atomic E-state index is -1.09. The van der Waals surface area contributed by atoms with Crippen LogP contribution in [0.15, 0.2) is 23.1 Å². The molecule has 0 saturated carbocycles. The van der Waals surface area contributed by atoms with E-state index in [-0.39, 0.29) is 10.8 Å². The van der Waals surface area contributed by atoms with E-state index in [0.29, 0.717) is 6.61 Å². The summed E-state index contributed by atoms with van der Waals surface area (Å²) in [5, 5.41) is 0. The summed E-state index contributed by atoms with van der Waals surface area (Å²) in [4.78, 5) is 1.01. The molecule has 114 valence electrons. The molecule has 0 aliphatic heterocycles. The molecule has 0 radical (unpaired) electrons. The van der Waals surface area contributed by atoms with Crippen molar-refractivity contribution in [2.24, 2.45) is 5.41 Å². The lowest BCUT2D eigenvalue weighted by Gasteiger charge is -2.33. The first-order valence-electron chi connectivity index (χ1n) is 6.91. The lowest BCUT2D eigenvalue weighted by atomic mass is 9.72. The molecular formula is C16H25IO2S. The lowest BCUT2D eigenvalue weighted by Crippen LogP contribution is -2.24. The highest BCUT2D eigenvalue weighted by atomic mass is 127. The highest BCUT2D eigenvalue weighted by Crippen LogP contribution is 2.42. The monoisotopic (exact) mass is 408 g/mol. The molecule has 0 aliphatic rings. The van der Waals surface area contributed by atoms with Gasteiger partial charge >= 0.3 is 0 Å². The first-order valence-corrected chi connectivity index (χ1v) is 11.1. The minimum absolute atomic E-state index is 0.0967. The fraction of sp³-hybridized carbons (Fsp3) is 0.625. The van der Waals surface area contributed by atoms with Gasteiger partial charge in [0.05, 0.1) is 11.5 Å². The van der Waals surface area contributed by atoms with Crippen molar-refractivity contribution in [2.45, 2.75) is 58.3 Å². The van der Waals surface area contributed by atoms with Crippen LogP contribution in [0, 0.1) is 5.41 Å². The standard InChI is InChI=1S/C16H25IO2S/c1-7-19-13-9-8-12(10-14(13)20-17-18)16(5,6)11-15(2,3)4/h8-10H,7,11H2,1-6H3. The van der Waals surface area contributed by atoms with Crippen molar-refractivity contribution in [3.63, 3.8) is 0 Å². The van der Waals surface area contributed by atoms with Crippen molar-refractivity contribution >= 4 is 28.7 Å². The van der Waals surface area contributed by atoms with E-state index in [1.54, 1.807) is 0 Å². The third-order valence-electron chi connectivity index (χ3n) is 3.11. The number of benzene rings is 1. The van der Waals surface area contributed by atoms with Crippen molar-refractivity contribution in [1.82, 2.24) is 0 Å². The summed E-state index contributed by atoms with van der Waals surface area (Å²) in [7, 11) is 1.42. The topological polar surface area (TPSA) is 26.3 Å². The Morgan fingerprint density at radius 1 is 1.20 bits per heavy atom. The van der Waals surface area contributed by atoms with Crippen LogP contribution in [-0.2, 0) is 8.48 Å². The van der Waals surface area contributed by atoms with Crippen LogP contribution in [-0.4, -0.2) is 6.61 Å². The van der Waals surface area contributed by atoms with Gasteiger partial charge < -0.3 is 4.74 Å². The Labute approximate surface area is 136 Å². The first-order chi connectivity index (χ1) is 9.19. The van der Waals surface area contributed by atoms with Crippen molar-refractivity contribution < 1.29 is 7.81 Å². The Balaban J connectivity index is 3.12. The highest BCUT2D eigenvalue weighted by molar-refractivity contribution is 14.2. The molecule has 0 aliphatic carbocycles. The average molecular weight is 408 g/mol. The fourth-order valence-electron chi connectivity index (χ4n) is 2.73. The number of ether oxygens (including phenoxy) is 1. The molecule has 0 fully saturated rings. The molecule has 2 nitrogen and oxygen atoms in total. The molecule has 0 heterocycles. The second kappa shape index (κ2) is 7.25. The van der Waals surface area contributed by atoms with Gasteiger partial charge in [0.2, 0.25) is 19.8 Å². The van der Waals surface area contributed by atoms with Gasteiger partial charge in [-0.2, -0.15) is 0 Å². The summed E-state index contributed by atoms with van der Waals surface area (Å²) >= 11 is -1.09. The van der Waals surface area contributed by atoms with Gasteiger partial charge in [0.1, 0.15) is 5.75 Å². The molecule has 4 heteroatoms. The molecule has 0 N–H and O–H groups in total. The second-order valence-electron chi connectivity index (χ2n) is 6.86. The smallest absolute Gasteiger partial charge is 0.222 e. The van der Waals surface area contributed by atoms with Crippen LogP contribution in [0.25, 0.3) is 0 Å². The summed E-state index contributed by atoms with van der Waals surface area (Å²) in [5.41, 5.74) is 1.66. The fourth-order valence-corrected chi connectivity index (χ4v) is 4.78. The Hall–Kier alpha value is -0.100. The van der Waals surface area contributed by atoms with Crippen molar-refractivity contribution in [3.05, 3.63) is 23.8 Å². The van der Waals surface area contributed by atoms with Crippen LogP contribution >= 0.6 is 28.7 Å².